The quantitative estimate of drug-likeness (QED) is 0.871. The maximum Gasteiger partial charge on any atom is 0.275 e. The number of rotatable bonds is 3. The van der Waals surface area contributed by atoms with Gasteiger partial charge >= 0.3 is 0 Å². The van der Waals surface area contributed by atoms with E-state index in [-0.39, 0.29) is 18.3 Å². The molecule has 6 heteroatoms. The third-order valence-electron chi connectivity index (χ3n) is 3.83. The van der Waals surface area contributed by atoms with Crippen molar-refractivity contribution in [2.45, 2.75) is 32.9 Å². The number of halogens is 1. The average Bonchev–Trinajstić information content (AvgIpc) is 2.53. The van der Waals surface area contributed by atoms with Gasteiger partial charge in [-0.1, -0.05) is 23.4 Å². The van der Waals surface area contributed by atoms with Crippen molar-refractivity contribution in [1.29, 1.82) is 0 Å². The topological polar surface area (TPSA) is 54.8 Å². The molecule has 0 N–H and O–H groups in total. The largest absolute Gasteiger partial charge is 0.378 e. The van der Waals surface area contributed by atoms with Crippen LogP contribution >= 0.6 is 0 Å². The van der Waals surface area contributed by atoms with E-state index in [0.717, 1.165) is 5.56 Å². The summed E-state index contributed by atoms with van der Waals surface area (Å²) >= 11 is 0. The number of aromatic nitrogens is 1. The molecular weight excluding hydrogens is 309 g/mol. The molecule has 0 radical (unpaired) electrons. The van der Waals surface area contributed by atoms with Gasteiger partial charge < -0.3 is 4.84 Å². The predicted octanol–water partition coefficient (Wildman–Crippen LogP) is 3.03. The Balaban J connectivity index is 2.03. The molecule has 1 aromatic heterocycles. The number of hydrogen-bond donors (Lipinski definition) is 0. The van der Waals surface area contributed by atoms with E-state index >= 15 is 0 Å². The number of benzene rings is 1. The first kappa shape index (κ1) is 16.1. The van der Waals surface area contributed by atoms with Crippen LogP contribution in [0.5, 0.6) is 0 Å². The summed E-state index contributed by atoms with van der Waals surface area (Å²) in [5, 5.41) is 4.13. The molecule has 1 aromatic carbocycles. The minimum atomic E-state index is -1.08. The van der Waals surface area contributed by atoms with Gasteiger partial charge in [-0.25, -0.2) is 4.39 Å². The van der Waals surface area contributed by atoms with Crippen LogP contribution in [0, 0.1) is 12.7 Å². The number of carbonyl (C=O) groups excluding carboxylic acids is 1. The molecule has 0 unspecified atom stereocenters. The summed E-state index contributed by atoms with van der Waals surface area (Å²) in [7, 11) is 0. The zero-order valence-electron chi connectivity index (χ0n) is 13.8. The van der Waals surface area contributed by atoms with Crippen LogP contribution in [0.1, 0.15) is 30.7 Å². The highest BCUT2D eigenvalue weighted by molar-refractivity contribution is 6.10. The first-order valence-electron chi connectivity index (χ1n) is 7.63. The van der Waals surface area contributed by atoms with Crippen molar-refractivity contribution in [2.75, 3.05) is 0 Å². The van der Waals surface area contributed by atoms with Crippen molar-refractivity contribution in [3.05, 3.63) is 65.2 Å². The second kappa shape index (κ2) is 6.03. The van der Waals surface area contributed by atoms with E-state index in [2.05, 4.69) is 10.1 Å². The third kappa shape index (κ3) is 2.99. The number of carbonyl (C=O) groups is 1. The van der Waals surface area contributed by atoms with Crippen molar-refractivity contribution < 1.29 is 14.0 Å². The molecular formula is C18H18FN3O2. The molecule has 1 aliphatic rings. The zero-order valence-corrected chi connectivity index (χ0v) is 13.8. The van der Waals surface area contributed by atoms with Gasteiger partial charge in [-0.2, -0.15) is 0 Å². The molecule has 24 heavy (non-hydrogen) atoms. The number of oxime groups is 1. The minimum absolute atomic E-state index is 0.193. The molecule has 0 spiro atoms. The Bertz CT molecular complexity index is 817. The fraction of sp³-hybridized carbons (Fsp3) is 0.278. The number of amidine groups is 1. The van der Waals surface area contributed by atoms with E-state index in [1.165, 1.54) is 17.0 Å². The van der Waals surface area contributed by atoms with Gasteiger partial charge in [0, 0.05) is 6.20 Å². The number of aryl methyl sites for hydroxylation is 1. The summed E-state index contributed by atoms with van der Waals surface area (Å²) in [5.74, 6) is -0.261. The first-order chi connectivity index (χ1) is 11.4. The molecule has 0 bridgehead atoms. The normalized spacial score (nSPS) is 16.6. The van der Waals surface area contributed by atoms with Crippen LogP contribution < -0.4 is 0 Å². The van der Waals surface area contributed by atoms with Crippen LogP contribution in [0.4, 0.5) is 4.39 Å². The summed E-state index contributed by atoms with van der Waals surface area (Å²) in [6.45, 7) is 5.38. The Kier molecular flexibility index (Phi) is 4.05. The van der Waals surface area contributed by atoms with Crippen LogP contribution in [0.2, 0.25) is 0 Å². The Morgan fingerprint density at radius 1 is 1.25 bits per heavy atom. The minimum Gasteiger partial charge on any atom is -0.378 e. The van der Waals surface area contributed by atoms with Crippen molar-refractivity contribution >= 4 is 11.7 Å². The number of nitrogens with zero attached hydrogens (tertiary/aromatic N) is 3. The summed E-state index contributed by atoms with van der Waals surface area (Å²) in [4.78, 5) is 24.0. The summed E-state index contributed by atoms with van der Waals surface area (Å²) in [6.07, 6.45) is 1.63. The maximum absolute atomic E-state index is 13.5. The second-order valence-electron chi connectivity index (χ2n) is 6.21. The van der Waals surface area contributed by atoms with E-state index in [0.29, 0.717) is 17.1 Å². The lowest BCUT2D eigenvalue weighted by Crippen LogP contribution is -2.52. The van der Waals surface area contributed by atoms with Crippen molar-refractivity contribution in [2.24, 2.45) is 5.16 Å². The van der Waals surface area contributed by atoms with Crippen LogP contribution in [0.3, 0.4) is 0 Å². The molecule has 2 aromatic rings. The summed E-state index contributed by atoms with van der Waals surface area (Å²) in [6, 6.07) is 9.84. The van der Waals surface area contributed by atoms with E-state index in [4.69, 9.17) is 4.84 Å². The Labute approximate surface area is 139 Å². The molecule has 1 aliphatic heterocycles. The van der Waals surface area contributed by atoms with Crippen molar-refractivity contribution in [3.63, 3.8) is 0 Å². The monoisotopic (exact) mass is 327 g/mol. The molecule has 124 valence electrons. The Morgan fingerprint density at radius 3 is 2.75 bits per heavy atom. The standard InChI is InChI=1S/C18H18FN3O2/c1-12-6-5-9-20-15(12)16-21-24-18(2,3)17(23)22(16)11-13-7-4-8-14(19)10-13/h4-10H,11H2,1-3H3. The SMILES string of the molecule is Cc1cccnc1C1=NOC(C)(C)C(=O)N1Cc1cccc(F)c1. The molecule has 0 fully saturated rings. The molecule has 0 saturated heterocycles. The number of amides is 1. The van der Waals surface area contributed by atoms with Crippen LogP contribution in [0.15, 0.2) is 47.8 Å². The van der Waals surface area contributed by atoms with Gasteiger partial charge in [0.05, 0.1) is 6.54 Å². The molecule has 3 rings (SSSR count). The van der Waals surface area contributed by atoms with Gasteiger partial charge in [0.2, 0.25) is 11.4 Å². The maximum atomic E-state index is 13.5. The first-order valence-corrected chi connectivity index (χ1v) is 7.63. The molecule has 0 atom stereocenters. The highest BCUT2D eigenvalue weighted by atomic mass is 19.1. The van der Waals surface area contributed by atoms with E-state index in [9.17, 15) is 9.18 Å². The zero-order chi connectivity index (χ0) is 17.3. The second-order valence-corrected chi connectivity index (χ2v) is 6.21. The smallest absolute Gasteiger partial charge is 0.275 e. The van der Waals surface area contributed by atoms with Crippen molar-refractivity contribution in [1.82, 2.24) is 9.88 Å². The predicted molar refractivity (Wildman–Crippen MR) is 87.6 cm³/mol. The van der Waals surface area contributed by atoms with Gasteiger partial charge in [-0.05, 0) is 50.1 Å². The van der Waals surface area contributed by atoms with Gasteiger partial charge in [-0.3, -0.25) is 14.7 Å². The third-order valence-corrected chi connectivity index (χ3v) is 3.83. The lowest BCUT2D eigenvalue weighted by molar-refractivity contribution is -0.154. The van der Waals surface area contributed by atoms with Crippen LogP contribution in [-0.4, -0.2) is 27.2 Å². The van der Waals surface area contributed by atoms with Gasteiger partial charge in [0.15, 0.2) is 0 Å². The summed E-state index contributed by atoms with van der Waals surface area (Å²) < 4.78 is 13.5. The summed E-state index contributed by atoms with van der Waals surface area (Å²) in [5.41, 5.74) is 1.02. The van der Waals surface area contributed by atoms with E-state index < -0.39 is 5.60 Å². The number of pyridine rings is 1. The molecule has 0 aliphatic carbocycles. The molecule has 1 amide bonds. The fourth-order valence-corrected chi connectivity index (χ4v) is 2.52. The highest BCUT2D eigenvalue weighted by Gasteiger charge is 2.41. The van der Waals surface area contributed by atoms with Gasteiger partial charge in [-0.15, -0.1) is 0 Å². The Morgan fingerprint density at radius 2 is 2.04 bits per heavy atom. The van der Waals surface area contributed by atoms with Gasteiger partial charge in [0.25, 0.3) is 5.91 Å². The van der Waals surface area contributed by atoms with E-state index in [1.807, 2.05) is 19.1 Å². The molecule has 5 nitrogen and oxygen atoms in total. The highest BCUT2D eigenvalue weighted by Crippen LogP contribution is 2.25. The lowest BCUT2D eigenvalue weighted by atomic mass is 10.0. The fourth-order valence-electron chi connectivity index (χ4n) is 2.52. The lowest BCUT2D eigenvalue weighted by Gasteiger charge is -2.35. The van der Waals surface area contributed by atoms with Gasteiger partial charge in [0.1, 0.15) is 11.5 Å². The van der Waals surface area contributed by atoms with Crippen LogP contribution in [-0.2, 0) is 16.2 Å². The molecule has 0 saturated carbocycles. The number of hydrogen-bond acceptors (Lipinski definition) is 4. The van der Waals surface area contributed by atoms with Crippen LogP contribution in [0.25, 0.3) is 0 Å². The van der Waals surface area contributed by atoms with Crippen molar-refractivity contribution in [3.8, 4) is 0 Å². The molecule has 2 heterocycles. The average molecular weight is 327 g/mol. The Hall–Kier alpha value is -2.76. The van der Waals surface area contributed by atoms with E-state index in [1.54, 1.807) is 32.2 Å².